The van der Waals surface area contributed by atoms with Crippen molar-refractivity contribution in [2.45, 2.75) is 0 Å². The molecule has 0 atom stereocenters. The molecule has 3 rings (SSSR count). The van der Waals surface area contributed by atoms with E-state index in [-0.39, 0.29) is 18.3 Å². The van der Waals surface area contributed by atoms with Gasteiger partial charge in [-0.15, -0.1) is 5.10 Å². The Morgan fingerprint density at radius 2 is 1.88 bits per heavy atom. The van der Waals surface area contributed by atoms with Crippen molar-refractivity contribution >= 4 is 17.4 Å². The number of anilines is 2. The highest BCUT2D eigenvalue weighted by Crippen LogP contribution is 2.18. The second kappa shape index (κ2) is 7.99. The standard InChI is InChI=1S/C18H22FN5O2/c1-22(2)15-11-17(21-20-12-15)23-7-9-24(10-8-23)18(25)13-26-16-5-3-14(19)4-6-16/h3-6,11-12H,7-10,13H2,1-2H3. The lowest BCUT2D eigenvalue weighted by atomic mass is 10.3. The van der Waals surface area contributed by atoms with E-state index in [0.29, 0.717) is 31.9 Å². The van der Waals surface area contributed by atoms with Crippen LogP contribution in [0, 0.1) is 5.82 Å². The fourth-order valence-corrected chi connectivity index (χ4v) is 2.70. The largest absolute Gasteiger partial charge is 0.484 e. The van der Waals surface area contributed by atoms with Crippen molar-refractivity contribution in [2.75, 3.05) is 56.7 Å². The summed E-state index contributed by atoms with van der Waals surface area (Å²) < 4.78 is 18.3. The molecule has 2 heterocycles. The van der Waals surface area contributed by atoms with E-state index in [0.717, 1.165) is 11.5 Å². The summed E-state index contributed by atoms with van der Waals surface area (Å²) >= 11 is 0. The molecular formula is C18H22FN5O2. The minimum Gasteiger partial charge on any atom is -0.484 e. The number of nitrogens with zero attached hydrogens (tertiary/aromatic N) is 5. The minimum atomic E-state index is -0.332. The number of piperazine rings is 1. The monoisotopic (exact) mass is 359 g/mol. The Kier molecular flexibility index (Phi) is 5.50. The molecule has 1 fully saturated rings. The van der Waals surface area contributed by atoms with Crippen molar-refractivity contribution < 1.29 is 13.9 Å². The van der Waals surface area contributed by atoms with E-state index in [1.807, 2.05) is 25.1 Å². The van der Waals surface area contributed by atoms with Crippen molar-refractivity contribution in [1.29, 1.82) is 0 Å². The van der Waals surface area contributed by atoms with Crippen LogP contribution in [0.15, 0.2) is 36.5 Å². The quantitative estimate of drug-likeness (QED) is 0.804. The lowest BCUT2D eigenvalue weighted by Gasteiger charge is -2.35. The number of halogens is 1. The maximum Gasteiger partial charge on any atom is 0.260 e. The van der Waals surface area contributed by atoms with Crippen molar-refractivity contribution in [3.05, 3.63) is 42.3 Å². The average Bonchev–Trinajstić information content (AvgIpc) is 2.67. The van der Waals surface area contributed by atoms with Crippen molar-refractivity contribution in [1.82, 2.24) is 15.1 Å². The number of benzene rings is 1. The van der Waals surface area contributed by atoms with E-state index < -0.39 is 0 Å². The van der Waals surface area contributed by atoms with Gasteiger partial charge >= 0.3 is 0 Å². The Hall–Kier alpha value is -2.90. The van der Waals surface area contributed by atoms with Gasteiger partial charge in [-0.1, -0.05) is 0 Å². The van der Waals surface area contributed by atoms with Crippen LogP contribution < -0.4 is 14.5 Å². The van der Waals surface area contributed by atoms with Crippen molar-refractivity contribution in [2.24, 2.45) is 0 Å². The van der Waals surface area contributed by atoms with Gasteiger partial charge in [0.15, 0.2) is 12.4 Å². The maximum atomic E-state index is 12.9. The molecule has 0 bridgehead atoms. The molecule has 1 aliphatic heterocycles. The third-order valence-corrected chi connectivity index (χ3v) is 4.28. The van der Waals surface area contributed by atoms with E-state index in [1.54, 1.807) is 11.1 Å². The number of carbonyl (C=O) groups is 1. The molecule has 138 valence electrons. The first kappa shape index (κ1) is 17.9. The molecule has 2 aromatic rings. The molecule has 0 aliphatic carbocycles. The van der Waals surface area contributed by atoms with Crippen molar-refractivity contribution in [3.63, 3.8) is 0 Å². The van der Waals surface area contributed by atoms with Gasteiger partial charge in [0.05, 0.1) is 11.9 Å². The molecule has 8 heteroatoms. The number of hydrogen-bond donors (Lipinski definition) is 0. The van der Waals surface area contributed by atoms with Crippen LogP contribution in [0.2, 0.25) is 0 Å². The summed E-state index contributed by atoms with van der Waals surface area (Å²) in [7, 11) is 3.91. The van der Waals surface area contributed by atoms with E-state index in [4.69, 9.17) is 4.74 Å². The normalized spacial score (nSPS) is 14.3. The predicted octanol–water partition coefficient (Wildman–Crippen LogP) is 1.41. The maximum absolute atomic E-state index is 12.9. The summed E-state index contributed by atoms with van der Waals surface area (Å²) in [5, 5.41) is 8.23. The predicted molar refractivity (Wildman–Crippen MR) is 97.0 cm³/mol. The van der Waals surface area contributed by atoms with Crippen LogP contribution in [0.5, 0.6) is 5.75 Å². The molecular weight excluding hydrogens is 337 g/mol. The van der Waals surface area contributed by atoms with Gasteiger partial charge in [-0.3, -0.25) is 4.79 Å². The highest BCUT2D eigenvalue weighted by Gasteiger charge is 2.22. The summed E-state index contributed by atoms with van der Waals surface area (Å²) in [6.07, 6.45) is 1.72. The minimum absolute atomic E-state index is 0.0540. The Morgan fingerprint density at radius 3 is 2.54 bits per heavy atom. The van der Waals surface area contributed by atoms with E-state index >= 15 is 0 Å². The van der Waals surface area contributed by atoms with Gasteiger partial charge in [0, 0.05) is 46.3 Å². The molecule has 0 N–H and O–H groups in total. The summed E-state index contributed by atoms with van der Waals surface area (Å²) in [6, 6.07) is 7.62. The van der Waals surface area contributed by atoms with Crippen LogP contribution in [-0.4, -0.2) is 67.9 Å². The lowest BCUT2D eigenvalue weighted by Crippen LogP contribution is -2.50. The van der Waals surface area contributed by atoms with Crippen LogP contribution >= 0.6 is 0 Å². The lowest BCUT2D eigenvalue weighted by molar-refractivity contribution is -0.133. The third kappa shape index (κ3) is 4.38. The average molecular weight is 359 g/mol. The summed E-state index contributed by atoms with van der Waals surface area (Å²) in [5.41, 5.74) is 0.987. The first-order chi connectivity index (χ1) is 12.5. The molecule has 1 saturated heterocycles. The molecule has 0 radical (unpaired) electrons. The highest BCUT2D eigenvalue weighted by molar-refractivity contribution is 5.78. The first-order valence-corrected chi connectivity index (χ1v) is 8.44. The highest BCUT2D eigenvalue weighted by atomic mass is 19.1. The number of ether oxygens (including phenoxy) is 1. The van der Waals surface area contributed by atoms with Crippen LogP contribution in [0.4, 0.5) is 15.9 Å². The first-order valence-electron chi connectivity index (χ1n) is 8.44. The molecule has 1 aliphatic rings. The van der Waals surface area contributed by atoms with Gasteiger partial charge < -0.3 is 19.4 Å². The van der Waals surface area contributed by atoms with Crippen LogP contribution in [-0.2, 0) is 4.79 Å². The van der Waals surface area contributed by atoms with Crippen LogP contribution in [0.3, 0.4) is 0 Å². The van der Waals surface area contributed by atoms with Gasteiger partial charge in [-0.25, -0.2) is 4.39 Å². The van der Waals surface area contributed by atoms with Crippen LogP contribution in [0.1, 0.15) is 0 Å². The molecule has 1 aromatic carbocycles. The SMILES string of the molecule is CN(C)c1cnnc(N2CCN(C(=O)COc3ccc(F)cc3)CC2)c1. The Bertz CT molecular complexity index is 746. The second-order valence-electron chi connectivity index (χ2n) is 6.28. The number of rotatable bonds is 5. The van der Waals surface area contributed by atoms with Gasteiger partial charge in [-0.05, 0) is 24.3 Å². The second-order valence-corrected chi connectivity index (χ2v) is 6.28. The summed E-state index contributed by atoms with van der Waals surface area (Å²) in [5.74, 6) is 0.878. The molecule has 7 nitrogen and oxygen atoms in total. The molecule has 0 unspecified atom stereocenters. The van der Waals surface area contributed by atoms with Gasteiger partial charge in [0.25, 0.3) is 5.91 Å². The zero-order valence-electron chi connectivity index (χ0n) is 14.9. The van der Waals surface area contributed by atoms with Crippen molar-refractivity contribution in [3.8, 4) is 5.75 Å². The third-order valence-electron chi connectivity index (χ3n) is 4.28. The van der Waals surface area contributed by atoms with Gasteiger partial charge in [0.1, 0.15) is 11.6 Å². The Morgan fingerprint density at radius 1 is 1.19 bits per heavy atom. The number of carbonyl (C=O) groups excluding carboxylic acids is 1. The van der Waals surface area contributed by atoms with Gasteiger partial charge in [0.2, 0.25) is 0 Å². The summed E-state index contributed by atoms with van der Waals surface area (Å²) in [4.78, 5) is 18.2. The number of hydrogen-bond acceptors (Lipinski definition) is 6. The van der Waals surface area contributed by atoms with E-state index in [1.165, 1.54) is 24.3 Å². The number of amides is 1. The van der Waals surface area contributed by atoms with Crippen LogP contribution in [0.25, 0.3) is 0 Å². The zero-order valence-corrected chi connectivity index (χ0v) is 14.9. The molecule has 0 saturated carbocycles. The zero-order chi connectivity index (χ0) is 18.5. The smallest absolute Gasteiger partial charge is 0.260 e. The topological polar surface area (TPSA) is 61.8 Å². The van der Waals surface area contributed by atoms with E-state index in [2.05, 4.69) is 15.1 Å². The fraction of sp³-hybridized carbons (Fsp3) is 0.389. The van der Waals surface area contributed by atoms with E-state index in [9.17, 15) is 9.18 Å². The number of aromatic nitrogens is 2. The summed E-state index contributed by atoms with van der Waals surface area (Å²) in [6.45, 7) is 2.52. The van der Waals surface area contributed by atoms with Gasteiger partial charge in [-0.2, -0.15) is 5.10 Å². The fourth-order valence-electron chi connectivity index (χ4n) is 2.70. The molecule has 1 amide bonds. The molecule has 1 aromatic heterocycles. The molecule has 0 spiro atoms. The Balaban J connectivity index is 1.50. The molecule has 26 heavy (non-hydrogen) atoms. The Labute approximate surface area is 152 Å².